The number of benzene rings is 2. The predicted molar refractivity (Wildman–Crippen MR) is 211 cm³/mol. The van der Waals surface area contributed by atoms with Crippen LogP contribution in [-0.4, -0.2) is 114 Å². The minimum Gasteiger partial charge on any atom is -0.467 e. The van der Waals surface area contributed by atoms with Crippen LogP contribution in [0.1, 0.15) is 63.2 Å². The van der Waals surface area contributed by atoms with Gasteiger partial charge in [0.25, 0.3) is 0 Å². The summed E-state index contributed by atoms with van der Waals surface area (Å²) in [6, 6.07) is 14.8. The maximum atomic E-state index is 13.9. The van der Waals surface area contributed by atoms with Crippen LogP contribution in [0.15, 0.2) is 60.0 Å². The SMILES string of the molecule is COC(=O)[C@@H]1O[C@H](OC(=O)N(CCc2ccc(NC(=O)Cc3csc(NC(=O)OC(C)(C)C)n3)cc2)CC(=O)c2ccccc2)[C@@H](OC(C)=O)[C@H](OC(C)=O)[C@H]1OC(C)=O. The van der Waals surface area contributed by atoms with Gasteiger partial charge >= 0.3 is 36.1 Å². The third-order valence-electron chi connectivity index (χ3n) is 8.15. The van der Waals surface area contributed by atoms with Crippen molar-refractivity contribution < 1.29 is 71.5 Å². The van der Waals surface area contributed by atoms with Gasteiger partial charge in [-0.05, 0) is 44.9 Å². The van der Waals surface area contributed by atoms with Gasteiger partial charge in [-0.25, -0.2) is 19.4 Å². The van der Waals surface area contributed by atoms with E-state index >= 15 is 0 Å². The lowest BCUT2D eigenvalue weighted by Crippen LogP contribution is -2.64. The predicted octanol–water partition coefficient (Wildman–Crippen LogP) is 4.23. The summed E-state index contributed by atoms with van der Waals surface area (Å²) in [5, 5.41) is 7.23. The molecule has 20 heteroatoms. The molecule has 19 nitrogen and oxygen atoms in total. The summed E-state index contributed by atoms with van der Waals surface area (Å²) in [5.74, 6) is -4.69. The van der Waals surface area contributed by atoms with E-state index < -0.39 is 84.7 Å². The first-order valence-electron chi connectivity index (χ1n) is 18.4. The molecule has 1 saturated heterocycles. The van der Waals surface area contributed by atoms with Crippen molar-refractivity contribution in [2.24, 2.45) is 0 Å². The minimum absolute atomic E-state index is 0.0732. The molecule has 3 amide bonds. The average Bonchev–Trinajstić information content (AvgIpc) is 3.60. The first kappa shape index (κ1) is 46.3. The fourth-order valence-electron chi connectivity index (χ4n) is 5.70. The normalized spacial score (nSPS) is 18.5. The van der Waals surface area contributed by atoms with E-state index in [0.29, 0.717) is 22.5 Å². The number of hydrogen-bond acceptors (Lipinski definition) is 17. The second-order valence-corrected chi connectivity index (χ2v) is 15.1. The zero-order chi connectivity index (χ0) is 44.1. The Balaban J connectivity index is 1.49. The standard InChI is InChI=1S/C40H46N4O15S/c1-22(45)54-31-32(55-23(2)46)34(56-24(3)47)36(57-33(31)35(50)53-7)58-39(52)44(20-29(48)26-11-9-8-10-12-26)18-17-25-13-15-27(16-14-25)41-30(49)19-28-21-60-37(42-28)43-38(51)59-40(4,5)6/h8-16,21,31-34,36H,17-20H2,1-7H3,(H,41,49)(H,42,43,51)/t31-,32-,33-,34+,36-/m1/s1. The van der Waals surface area contributed by atoms with Gasteiger partial charge in [-0.2, -0.15) is 0 Å². The van der Waals surface area contributed by atoms with Gasteiger partial charge in [0, 0.05) is 43.9 Å². The van der Waals surface area contributed by atoms with Crippen molar-refractivity contribution in [1.82, 2.24) is 9.88 Å². The molecule has 1 aromatic heterocycles. The van der Waals surface area contributed by atoms with Gasteiger partial charge in [0.05, 0.1) is 25.8 Å². The lowest BCUT2D eigenvalue weighted by atomic mass is 9.97. The Morgan fingerprint density at radius 2 is 1.42 bits per heavy atom. The molecule has 2 N–H and O–H groups in total. The zero-order valence-corrected chi connectivity index (χ0v) is 34.7. The quantitative estimate of drug-likeness (QED) is 0.123. The van der Waals surface area contributed by atoms with Crippen molar-refractivity contribution in [2.45, 2.75) is 90.7 Å². The summed E-state index contributed by atoms with van der Waals surface area (Å²) in [5.41, 5.74) is 1.18. The summed E-state index contributed by atoms with van der Waals surface area (Å²) in [4.78, 5) is 107. The molecule has 2 aromatic carbocycles. The number of rotatable bonds is 15. The van der Waals surface area contributed by atoms with Crippen LogP contribution in [0.5, 0.6) is 0 Å². The van der Waals surface area contributed by atoms with Crippen LogP contribution >= 0.6 is 11.3 Å². The Labute approximate surface area is 348 Å². The highest BCUT2D eigenvalue weighted by atomic mass is 32.1. The molecule has 322 valence electrons. The van der Waals surface area contributed by atoms with Crippen molar-refractivity contribution >= 4 is 69.9 Å². The molecule has 0 bridgehead atoms. The average molecular weight is 855 g/mol. The fourth-order valence-corrected chi connectivity index (χ4v) is 6.39. The van der Waals surface area contributed by atoms with Crippen molar-refractivity contribution in [3.8, 4) is 0 Å². The first-order chi connectivity index (χ1) is 28.3. The topological polar surface area (TPSA) is 241 Å². The molecule has 4 rings (SSSR count). The molecule has 0 unspecified atom stereocenters. The number of nitrogens with one attached hydrogen (secondary N) is 2. The van der Waals surface area contributed by atoms with Crippen LogP contribution < -0.4 is 10.6 Å². The highest BCUT2D eigenvalue weighted by Crippen LogP contribution is 2.31. The van der Waals surface area contributed by atoms with Crippen LogP contribution in [0.3, 0.4) is 0 Å². The van der Waals surface area contributed by atoms with Crippen molar-refractivity contribution in [2.75, 3.05) is 30.8 Å². The van der Waals surface area contributed by atoms with E-state index in [2.05, 4.69) is 15.6 Å². The minimum atomic E-state index is -1.93. The summed E-state index contributed by atoms with van der Waals surface area (Å²) in [6.45, 7) is 7.65. The number of thiazole rings is 1. The smallest absolute Gasteiger partial charge is 0.413 e. The highest BCUT2D eigenvalue weighted by Gasteiger charge is 2.56. The number of amides is 3. The van der Waals surface area contributed by atoms with Crippen LogP contribution in [-0.2, 0) is 70.0 Å². The van der Waals surface area contributed by atoms with Crippen LogP contribution in [0.25, 0.3) is 0 Å². The Morgan fingerprint density at radius 1 is 0.800 bits per heavy atom. The Morgan fingerprint density at radius 3 is 2.02 bits per heavy atom. The molecule has 1 aliphatic heterocycles. The third kappa shape index (κ3) is 14.2. The van der Waals surface area contributed by atoms with Crippen molar-refractivity contribution in [3.63, 3.8) is 0 Å². The lowest BCUT2D eigenvalue weighted by molar-refractivity contribution is -0.289. The van der Waals surface area contributed by atoms with Gasteiger partial charge in [-0.15, -0.1) is 11.3 Å². The Hall–Kier alpha value is -6.41. The van der Waals surface area contributed by atoms with E-state index in [0.717, 1.165) is 44.1 Å². The molecule has 0 saturated carbocycles. The molecule has 60 heavy (non-hydrogen) atoms. The van der Waals surface area contributed by atoms with Gasteiger partial charge < -0.3 is 43.4 Å². The van der Waals surface area contributed by atoms with Gasteiger partial charge in [-0.3, -0.25) is 29.3 Å². The van der Waals surface area contributed by atoms with E-state index in [-0.39, 0.29) is 30.4 Å². The first-order valence-corrected chi connectivity index (χ1v) is 19.3. The Bertz CT molecular complexity index is 2030. The van der Waals surface area contributed by atoms with Crippen LogP contribution in [0.2, 0.25) is 0 Å². The van der Waals surface area contributed by atoms with E-state index in [9.17, 15) is 38.4 Å². The number of esters is 4. The van der Waals surface area contributed by atoms with Gasteiger partial charge in [-0.1, -0.05) is 42.5 Å². The number of aromatic nitrogens is 1. The second-order valence-electron chi connectivity index (χ2n) is 14.2. The molecule has 0 aliphatic carbocycles. The zero-order valence-electron chi connectivity index (χ0n) is 33.9. The molecule has 3 aromatic rings. The van der Waals surface area contributed by atoms with E-state index in [4.69, 9.17) is 33.2 Å². The maximum Gasteiger partial charge on any atom is 0.413 e. The van der Waals surface area contributed by atoms with Crippen LogP contribution in [0.4, 0.5) is 20.4 Å². The van der Waals surface area contributed by atoms with Gasteiger partial charge in [0.1, 0.15) is 5.60 Å². The van der Waals surface area contributed by atoms with E-state index in [1.807, 2.05) is 0 Å². The molecular weight excluding hydrogens is 809 g/mol. The number of carbonyl (C=O) groups excluding carboxylic acids is 8. The summed E-state index contributed by atoms with van der Waals surface area (Å²) in [6.07, 6.45) is -10.6. The maximum absolute atomic E-state index is 13.9. The molecular formula is C40H46N4O15S. The number of nitrogens with zero attached hydrogens (tertiary/aromatic N) is 2. The number of Topliss-reactive ketones (excluding diaryl/α,β-unsaturated/α-hetero) is 1. The lowest BCUT2D eigenvalue weighted by Gasteiger charge is -2.43. The van der Waals surface area contributed by atoms with Gasteiger partial charge in [0.2, 0.25) is 18.3 Å². The van der Waals surface area contributed by atoms with Crippen molar-refractivity contribution in [3.05, 3.63) is 76.8 Å². The molecule has 1 aliphatic rings. The number of ether oxygens (including phenoxy) is 7. The monoisotopic (exact) mass is 854 g/mol. The number of carbonyl (C=O) groups is 8. The largest absolute Gasteiger partial charge is 0.467 e. The molecule has 0 spiro atoms. The number of hydrogen-bond donors (Lipinski definition) is 2. The summed E-state index contributed by atoms with van der Waals surface area (Å²) >= 11 is 1.14. The molecule has 1 fully saturated rings. The molecule has 0 radical (unpaired) electrons. The van der Waals surface area contributed by atoms with Gasteiger partial charge in [0.15, 0.2) is 29.2 Å². The number of methoxy groups -OCH3 is 1. The van der Waals surface area contributed by atoms with E-state index in [1.54, 1.807) is 80.7 Å². The summed E-state index contributed by atoms with van der Waals surface area (Å²) < 4.78 is 37.4. The molecule has 5 atom stereocenters. The van der Waals surface area contributed by atoms with Crippen LogP contribution in [0, 0.1) is 0 Å². The number of anilines is 2. The summed E-state index contributed by atoms with van der Waals surface area (Å²) in [7, 11) is 1.01. The second kappa shape index (κ2) is 21.0. The van der Waals surface area contributed by atoms with E-state index in [1.165, 1.54) is 0 Å². The third-order valence-corrected chi connectivity index (χ3v) is 8.96. The Kier molecular flexibility index (Phi) is 16.2. The van der Waals surface area contributed by atoms with Crippen molar-refractivity contribution in [1.29, 1.82) is 0 Å². The highest BCUT2D eigenvalue weighted by molar-refractivity contribution is 7.13. The fraction of sp³-hybridized carbons (Fsp3) is 0.425. The molecule has 2 heterocycles. The number of ketones is 1.